The third-order valence-electron chi connectivity index (χ3n) is 3.13. The lowest BCUT2D eigenvalue weighted by Crippen LogP contribution is -2.26. The van der Waals surface area contributed by atoms with Crippen LogP contribution < -0.4 is 10.6 Å². The second-order valence-corrected chi connectivity index (χ2v) is 4.47. The lowest BCUT2D eigenvalue weighted by Gasteiger charge is -2.16. The summed E-state index contributed by atoms with van der Waals surface area (Å²) in [6.45, 7) is 1.82. The largest absolute Gasteiger partial charge is 0.355 e. The Bertz CT molecular complexity index is 528. The van der Waals surface area contributed by atoms with E-state index < -0.39 is 0 Å². The average molecular weight is 241 g/mol. The van der Waals surface area contributed by atoms with Gasteiger partial charge in [-0.2, -0.15) is 0 Å². The first-order valence-electron chi connectivity index (χ1n) is 6.07. The zero-order valence-electron chi connectivity index (χ0n) is 10.0. The van der Waals surface area contributed by atoms with E-state index in [0.717, 1.165) is 36.7 Å². The van der Waals surface area contributed by atoms with Crippen LogP contribution in [0.2, 0.25) is 0 Å². The topological polar surface area (TPSA) is 67.9 Å². The molecule has 1 atom stereocenters. The summed E-state index contributed by atoms with van der Waals surface area (Å²) in [4.78, 5) is 15.1. The van der Waals surface area contributed by atoms with Crippen LogP contribution in [-0.2, 0) is 0 Å². The molecule has 3 rings (SSSR count). The van der Waals surface area contributed by atoms with E-state index in [-0.39, 0.29) is 6.04 Å². The number of pyridine rings is 1. The summed E-state index contributed by atoms with van der Waals surface area (Å²) in [5, 5.41) is 0. The van der Waals surface area contributed by atoms with Crippen molar-refractivity contribution in [1.82, 2.24) is 15.0 Å². The van der Waals surface area contributed by atoms with Crippen LogP contribution in [0.3, 0.4) is 0 Å². The van der Waals surface area contributed by atoms with E-state index >= 15 is 0 Å². The highest BCUT2D eigenvalue weighted by atomic mass is 15.2. The zero-order valence-corrected chi connectivity index (χ0v) is 10.0. The van der Waals surface area contributed by atoms with Gasteiger partial charge in [-0.25, -0.2) is 9.97 Å². The summed E-state index contributed by atoms with van der Waals surface area (Å²) < 4.78 is 0. The highest BCUT2D eigenvalue weighted by Crippen LogP contribution is 2.21. The van der Waals surface area contributed by atoms with Gasteiger partial charge in [0.25, 0.3) is 0 Å². The molecule has 0 bridgehead atoms. The van der Waals surface area contributed by atoms with Crippen LogP contribution in [0.1, 0.15) is 6.42 Å². The number of anilines is 1. The highest BCUT2D eigenvalue weighted by Gasteiger charge is 2.20. The fraction of sp³-hybridized carbons (Fsp3) is 0.308. The van der Waals surface area contributed by atoms with Crippen LogP contribution in [0, 0.1) is 0 Å². The van der Waals surface area contributed by atoms with Gasteiger partial charge in [0.1, 0.15) is 12.1 Å². The maximum absolute atomic E-state index is 5.91. The minimum atomic E-state index is 0.248. The summed E-state index contributed by atoms with van der Waals surface area (Å²) >= 11 is 0. The first-order valence-corrected chi connectivity index (χ1v) is 6.07. The summed E-state index contributed by atoms with van der Waals surface area (Å²) in [6, 6.07) is 8.02. The van der Waals surface area contributed by atoms with Gasteiger partial charge in [0.05, 0.1) is 11.4 Å². The number of rotatable bonds is 2. The fourth-order valence-electron chi connectivity index (χ4n) is 2.17. The van der Waals surface area contributed by atoms with Crippen LogP contribution in [-0.4, -0.2) is 34.1 Å². The molecule has 5 nitrogen and oxygen atoms in total. The summed E-state index contributed by atoms with van der Waals surface area (Å²) in [5.41, 5.74) is 7.63. The summed E-state index contributed by atoms with van der Waals surface area (Å²) in [6.07, 6.45) is 4.37. The molecule has 0 spiro atoms. The van der Waals surface area contributed by atoms with Crippen LogP contribution in [0.25, 0.3) is 11.4 Å². The second kappa shape index (κ2) is 4.70. The Morgan fingerprint density at radius 3 is 2.83 bits per heavy atom. The van der Waals surface area contributed by atoms with Gasteiger partial charge in [-0.15, -0.1) is 0 Å². The molecule has 92 valence electrons. The summed E-state index contributed by atoms with van der Waals surface area (Å²) in [7, 11) is 0. The maximum Gasteiger partial charge on any atom is 0.132 e. The fourth-order valence-corrected chi connectivity index (χ4v) is 2.17. The predicted octanol–water partition coefficient (Wildman–Crippen LogP) is 1.08. The molecule has 2 N–H and O–H groups in total. The van der Waals surface area contributed by atoms with Gasteiger partial charge in [0.15, 0.2) is 0 Å². The van der Waals surface area contributed by atoms with Gasteiger partial charge in [0.2, 0.25) is 0 Å². The number of nitrogens with zero attached hydrogens (tertiary/aromatic N) is 4. The molecule has 0 saturated carbocycles. The molecule has 1 saturated heterocycles. The number of hydrogen-bond acceptors (Lipinski definition) is 5. The Morgan fingerprint density at radius 1 is 1.17 bits per heavy atom. The molecular formula is C13H15N5. The minimum absolute atomic E-state index is 0.248. The molecule has 0 radical (unpaired) electrons. The Balaban J connectivity index is 1.90. The molecule has 0 amide bonds. The van der Waals surface area contributed by atoms with Crippen molar-refractivity contribution in [3.63, 3.8) is 0 Å². The minimum Gasteiger partial charge on any atom is -0.355 e. The van der Waals surface area contributed by atoms with Crippen molar-refractivity contribution in [3.8, 4) is 11.4 Å². The zero-order chi connectivity index (χ0) is 12.4. The van der Waals surface area contributed by atoms with Gasteiger partial charge in [0, 0.05) is 31.4 Å². The highest BCUT2D eigenvalue weighted by molar-refractivity contribution is 5.58. The molecule has 1 fully saturated rings. The SMILES string of the molecule is NC1CCN(c2cc(-c3ccccn3)ncn2)C1. The predicted molar refractivity (Wildman–Crippen MR) is 70.1 cm³/mol. The molecule has 1 unspecified atom stereocenters. The third kappa shape index (κ3) is 2.17. The Labute approximate surface area is 106 Å². The van der Waals surface area contributed by atoms with Crippen LogP contribution in [0.4, 0.5) is 5.82 Å². The number of nitrogens with two attached hydrogens (primary N) is 1. The molecular weight excluding hydrogens is 226 g/mol. The second-order valence-electron chi connectivity index (χ2n) is 4.47. The monoisotopic (exact) mass is 241 g/mol. The van der Waals surface area contributed by atoms with Gasteiger partial charge in [-0.3, -0.25) is 4.98 Å². The Kier molecular flexibility index (Phi) is 2.90. The number of aromatic nitrogens is 3. The van der Waals surface area contributed by atoms with Crippen molar-refractivity contribution < 1.29 is 0 Å². The van der Waals surface area contributed by atoms with Crippen molar-refractivity contribution in [2.45, 2.75) is 12.5 Å². The maximum atomic E-state index is 5.91. The van der Waals surface area contributed by atoms with Crippen molar-refractivity contribution in [3.05, 3.63) is 36.8 Å². The van der Waals surface area contributed by atoms with Crippen molar-refractivity contribution >= 4 is 5.82 Å². The van der Waals surface area contributed by atoms with Crippen molar-refractivity contribution in [2.75, 3.05) is 18.0 Å². The molecule has 1 aliphatic heterocycles. The molecule has 2 aromatic rings. The quantitative estimate of drug-likeness (QED) is 0.852. The van der Waals surface area contributed by atoms with E-state index in [9.17, 15) is 0 Å². The Morgan fingerprint density at radius 2 is 2.11 bits per heavy atom. The standard InChI is InChI=1S/C13H15N5/c14-10-4-6-18(8-10)13-7-12(16-9-17-13)11-3-1-2-5-15-11/h1-3,5,7,9-10H,4,6,8,14H2. The smallest absolute Gasteiger partial charge is 0.132 e. The molecule has 0 aliphatic carbocycles. The van der Waals surface area contributed by atoms with E-state index in [0.29, 0.717) is 0 Å². The third-order valence-corrected chi connectivity index (χ3v) is 3.13. The van der Waals surface area contributed by atoms with Crippen LogP contribution in [0.5, 0.6) is 0 Å². The first-order chi connectivity index (χ1) is 8.83. The van der Waals surface area contributed by atoms with Crippen molar-refractivity contribution in [2.24, 2.45) is 5.73 Å². The van der Waals surface area contributed by atoms with E-state index in [1.807, 2.05) is 24.3 Å². The first kappa shape index (κ1) is 11.1. The van der Waals surface area contributed by atoms with E-state index in [1.165, 1.54) is 0 Å². The molecule has 0 aromatic carbocycles. The van der Waals surface area contributed by atoms with E-state index in [4.69, 9.17) is 5.73 Å². The number of hydrogen-bond donors (Lipinski definition) is 1. The van der Waals surface area contributed by atoms with Crippen molar-refractivity contribution in [1.29, 1.82) is 0 Å². The van der Waals surface area contributed by atoms with Crippen LogP contribution >= 0.6 is 0 Å². The molecule has 5 heteroatoms. The van der Waals surface area contributed by atoms with Gasteiger partial charge < -0.3 is 10.6 Å². The molecule has 18 heavy (non-hydrogen) atoms. The molecule has 3 heterocycles. The molecule has 2 aromatic heterocycles. The van der Waals surface area contributed by atoms with E-state index in [1.54, 1.807) is 12.5 Å². The lowest BCUT2D eigenvalue weighted by atomic mass is 10.2. The normalized spacial score (nSPS) is 19.2. The average Bonchev–Trinajstić information content (AvgIpc) is 2.87. The summed E-state index contributed by atoms with van der Waals surface area (Å²) in [5.74, 6) is 0.929. The van der Waals surface area contributed by atoms with Crippen LogP contribution in [0.15, 0.2) is 36.8 Å². The van der Waals surface area contributed by atoms with Gasteiger partial charge >= 0.3 is 0 Å². The van der Waals surface area contributed by atoms with E-state index in [2.05, 4.69) is 19.9 Å². The Hall–Kier alpha value is -2.01. The lowest BCUT2D eigenvalue weighted by molar-refractivity contribution is 0.751. The van der Waals surface area contributed by atoms with Gasteiger partial charge in [-0.1, -0.05) is 6.07 Å². The molecule has 1 aliphatic rings. The van der Waals surface area contributed by atoms with Gasteiger partial charge in [-0.05, 0) is 18.6 Å².